The van der Waals surface area contributed by atoms with Gasteiger partial charge in [0.15, 0.2) is 11.5 Å². The highest BCUT2D eigenvalue weighted by Gasteiger charge is 2.08. The first-order chi connectivity index (χ1) is 7.50. The second kappa shape index (κ2) is 5.75. The third-order valence-corrected chi connectivity index (χ3v) is 2.56. The Morgan fingerprint density at radius 3 is 2.50 bits per heavy atom. The number of aromatic hydroxyl groups is 2. The summed E-state index contributed by atoms with van der Waals surface area (Å²) in [6, 6.07) is 5.43. The van der Waals surface area contributed by atoms with Crippen LogP contribution in [0.5, 0.6) is 11.5 Å². The van der Waals surface area contributed by atoms with E-state index in [0.29, 0.717) is 18.5 Å². The fourth-order valence-electron chi connectivity index (χ4n) is 1.80. The first-order valence-corrected chi connectivity index (χ1v) is 5.74. The van der Waals surface area contributed by atoms with Crippen molar-refractivity contribution in [3.63, 3.8) is 0 Å². The van der Waals surface area contributed by atoms with Crippen LogP contribution in [0.15, 0.2) is 18.2 Å². The van der Waals surface area contributed by atoms with Gasteiger partial charge in [0, 0.05) is 18.2 Å². The van der Waals surface area contributed by atoms with E-state index in [1.807, 2.05) is 6.07 Å². The molecule has 0 aliphatic carbocycles. The van der Waals surface area contributed by atoms with Crippen molar-refractivity contribution in [1.82, 2.24) is 5.32 Å². The minimum Gasteiger partial charge on any atom is -0.504 e. The van der Waals surface area contributed by atoms with Crippen LogP contribution in [0, 0.1) is 5.92 Å². The molecular formula is C13H21NO2. The van der Waals surface area contributed by atoms with Crippen LogP contribution in [-0.2, 0) is 6.54 Å². The second-order valence-corrected chi connectivity index (χ2v) is 4.70. The smallest absolute Gasteiger partial charge is 0.161 e. The zero-order valence-electron chi connectivity index (χ0n) is 10.2. The van der Waals surface area contributed by atoms with E-state index in [1.165, 1.54) is 6.07 Å². The molecule has 0 heterocycles. The number of hydrogen-bond donors (Lipinski definition) is 3. The van der Waals surface area contributed by atoms with Crippen LogP contribution in [0.4, 0.5) is 0 Å². The summed E-state index contributed by atoms with van der Waals surface area (Å²) in [6.45, 7) is 7.07. The minimum absolute atomic E-state index is 0.0215. The van der Waals surface area contributed by atoms with Gasteiger partial charge in [-0.2, -0.15) is 0 Å². The maximum absolute atomic E-state index is 9.60. The third kappa shape index (κ3) is 3.74. The molecule has 0 bridgehead atoms. The molecular weight excluding hydrogens is 202 g/mol. The highest BCUT2D eigenvalue weighted by Crippen LogP contribution is 2.28. The molecule has 3 heteroatoms. The van der Waals surface area contributed by atoms with E-state index in [1.54, 1.807) is 6.07 Å². The van der Waals surface area contributed by atoms with Gasteiger partial charge in [-0.15, -0.1) is 0 Å². The van der Waals surface area contributed by atoms with Gasteiger partial charge < -0.3 is 15.5 Å². The summed E-state index contributed by atoms with van der Waals surface area (Å²) in [4.78, 5) is 0. The van der Waals surface area contributed by atoms with E-state index < -0.39 is 0 Å². The van der Waals surface area contributed by atoms with Crippen molar-refractivity contribution < 1.29 is 10.2 Å². The summed E-state index contributed by atoms with van der Waals surface area (Å²) in [5, 5.41) is 22.3. The quantitative estimate of drug-likeness (QED) is 0.673. The topological polar surface area (TPSA) is 52.5 Å². The lowest BCUT2D eigenvalue weighted by atomic mass is 10.0. The molecule has 1 atom stereocenters. The van der Waals surface area contributed by atoms with Gasteiger partial charge in [-0.25, -0.2) is 0 Å². The van der Waals surface area contributed by atoms with E-state index in [-0.39, 0.29) is 11.5 Å². The van der Waals surface area contributed by atoms with Gasteiger partial charge in [0.25, 0.3) is 0 Å². The Balaban J connectivity index is 2.51. The Morgan fingerprint density at radius 1 is 1.19 bits per heavy atom. The molecule has 1 aromatic carbocycles. The molecule has 3 nitrogen and oxygen atoms in total. The summed E-state index contributed by atoms with van der Waals surface area (Å²) in [5.41, 5.74) is 0.732. The van der Waals surface area contributed by atoms with Crippen LogP contribution in [0.3, 0.4) is 0 Å². The summed E-state index contributed by atoms with van der Waals surface area (Å²) in [7, 11) is 0. The number of phenols is 2. The predicted molar refractivity (Wildman–Crippen MR) is 65.5 cm³/mol. The van der Waals surface area contributed by atoms with Crippen LogP contribution in [0.25, 0.3) is 0 Å². The van der Waals surface area contributed by atoms with E-state index in [2.05, 4.69) is 26.1 Å². The fourth-order valence-corrected chi connectivity index (χ4v) is 1.80. The monoisotopic (exact) mass is 223 g/mol. The van der Waals surface area contributed by atoms with Gasteiger partial charge in [-0.1, -0.05) is 26.0 Å². The van der Waals surface area contributed by atoms with Crippen molar-refractivity contribution in [1.29, 1.82) is 0 Å². The van der Waals surface area contributed by atoms with E-state index in [4.69, 9.17) is 0 Å². The normalized spacial score (nSPS) is 13.0. The molecule has 0 aliphatic rings. The molecule has 1 aromatic rings. The summed E-state index contributed by atoms with van der Waals surface area (Å²) < 4.78 is 0. The number of phenolic OH excluding ortho intramolecular Hbond substituents is 2. The van der Waals surface area contributed by atoms with Crippen molar-refractivity contribution in [2.45, 2.75) is 39.8 Å². The number of rotatable bonds is 5. The zero-order chi connectivity index (χ0) is 12.1. The van der Waals surface area contributed by atoms with Crippen molar-refractivity contribution in [2.24, 2.45) is 5.92 Å². The van der Waals surface area contributed by atoms with Gasteiger partial charge in [0.05, 0.1) is 0 Å². The predicted octanol–water partition coefficient (Wildman–Crippen LogP) is 2.62. The Labute approximate surface area is 97.1 Å². The molecule has 0 saturated heterocycles. The first-order valence-electron chi connectivity index (χ1n) is 5.74. The zero-order valence-corrected chi connectivity index (χ0v) is 10.2. The van der Waals surface area contributed by atoms with Crippen molar-refractivity contribution in [3.8, 4) is 11.5 Å². The van der Waals surface area contributed by atoms with E-state index >= 15 is 0 Å². The molecule has 0 spiro atoms. The molecule has 16 heavy (non-hydrogen) atoms. The average Bonchev–Trinajstić information content (AvgIpc) is 2.19. The molecule has 1 rings (SSSR count). The third-order valence-electron chi connectivity index (χ3n) is 2.56. The Hall–Kier alpha value is -1.22. The first kappa shape index (κ1) is 12.8. The molecule has 90 valence electrons. The van der Waals surface area contributed by atoms with Crippen molar-refractivity contribution in [2.75, 3.05) is 0 Å². The minimum atomic E-state index is -0.0594. The maximum Gasteiger partial charge on any atom is 0.161 e. The molecule has 0 aromatic heterocycles. The SMILES string of the molecule is CC(C)CC(C)NCc1cccc(O)c1O. The van der Waals surface area contributed by atoms with Gasteiger partial charge in [-0.05, 0) is 25.3 Å². The lowest BCUT2D eigenvalue weighted by Gasteiger charge is -2.16. The van der Waals surface area contributed by atoms with Crippen LogP contribution in [0.2, 0.25) is 0 Å². The molecule has 0 radical (unpaired) electrons. The Kier molecular flexibility index (Phi) is 4.62. The lowest BCUT2D eigenvalue weighted by molar-refractivity contribution is 0.392. The van der Waals surface area contributed by atoms with Crippen molar-refractivity contribution in [3.05, 3.63) is 23.8 Å². The van der Waals surface area contributed by atoms with Crippen LogP contribution in [-0.4, -0.2) is 16.3 Å². The molecule has 0 aliphatic heterocycles. The average molecular weight is 223 g/mol. The number of nitrogens with one attached hydrogen (secondary N) is 1. The second-order valence-electron chi connectivity index (χ2n) is 4.70. The van der Waals surface area contributed by atoms with Crippen molar-refractivity contribution >= 4 is 0 Å². The molecule has 0 fully saturated rings. The standard InChI is InChI=1S/C13H21NO2/c1-9(2)7-10(3)14-8-11-5-4-6-12(15)13(11)16/h4-6,9-10,14-16H,7-8H2,1-3H3. The Morgan fingerprint density at radius 2 is 1.88 bits per heavy atom. The Bertz CT molecular complexity index is 337. The fraction of sp³-hybridized carbons (Fsp3) is 0.538. The summed E-state index contributed by atoms with van der Waals surface area (Å²) >= 11 is 0. The summed E-state index contributed by atoms with van der Waals surface area (Å²) in [5.74, 6) is 0.572. The lowest BCUT2D eigenvalue weighted by Crippen LogP contribution is -2.26. The van der Waals surface area contributed by atoms with Gasteiger partial charge >= 0.3 is 0 Å². The molecule has 0 saturated carbocycles. The van der Waals surface area contributed by atoms with Gasteiger partial charge in [0.1, 0.15) is 0 Å². The van der Waals surface area contributed by atoms with Gasteiger partial charge in [0.2, 0.25) is 0 Å². The highest BCUT2D eigenvalue weighted by atomic mass is 16.3. The molecule has 0 amide bonds. The van der Waals surface area contributed by atoms with Gasteiger partial charge in [-0.3, -0.25) is 0 Å². The highest BCUT2D eigenvalue weighted by molar-refractivity contribution is 5.44. The van der Waals surface area contributed by atoms with Crippen LogP contribution >= 0.6 is 0 Å². The molecule has 3 N–H and O–H groups in total. The number of hydrogen-bond acceptors (Lipinski definition) is 3. The van der Waals surface area contributed by atoms with E-state index in [9.17, 15) is 10.2 Å². The maximum atomic E-state index is 9.60. The van der Waals surface area contributed by atoms with Crippen LogP contribution < -0.4 is 5.32 Å². The van der Waals surface area contributed by atoms with E-state index in [0.717, 1.165) is 12.0 Å². The molecule has 1 unspecified atom stereocenters. The summed E-state index contributed by atoms with van der Waals surface area (Å²) in [6.07, 6.45) is 1.10. The number of benzene rings is 1. The largest absolute Gasteiger partial charge is 0.504 e. The van der Waals surface area contributed by atoms with Crippen LogP contribution in [0.1, 0.15) is 32.8 Å². The number of para-hydroxylation sites is 1.